The fraction of sp³-hybridized carbons (Fsp3) is 0.0625. The molecule has 1 aromatic carbocycles. The van der Waals surface area contributed by atoms with Crippen LogP contribution < -0.4 is 5.32 Å². The molecule has 0 atom stereocenters. The number of aromatic nitrogens is 5. The Morgan fingerprint density at radius 2 is 1.92 bits per heavy atom. The molecule has 3 aromatic heterocycles. The van der Waals surface area contributed by atoms with E-state index in [1.165, 1.54) is 6.26 Å². The van der Waals surface area contributed by atoms with Crippen molar-refractivity contribution in [2.24, 2.45) is 0 Å². The smallest absolute Gasteiger partial charge is 0.180 e. The molecule has 0 spiro atoms. The number of anilines is 2. The molecular formula is C16H14N6O2S. The second-order valence-electron chi connectivity index (χ2n) is 5.52. The van der Waals surface area contributed by atoms with Crippen LogP contribution in [0, 0.1) is 0 Å². The van der Waals surface area contributed by atoms with E-state index in [2.05, 4.69) is 25.5 Å². The van der Waals surface area contributed by atoms with Crippen molar-refractivity contribution in [3.05, 3.63) is 55.2 Å². The Labute approximate surface area is 143 Å². The minimum Gasteiger partial charge on any atom is -0.337 e. The number of aromatic amines is 1. The lowest BCUT2D eigenvalue weighted by atomic mass is 10.3. The molecule has 0 saturated carbocycles. The van der Waals surface area contributed by atoms with E-state index < -0.39 is 9.84 Å². The Balaban J connectivity index is 1.71. The third-order valence-electron chi connectivity index (χ3n) is 3.77. The van der Waals surface area contributed by atoms with Crippen LogP contribution in [0.1, 0.15) is 0 Å². The fourth-order valence-corrected chi connectivity index (χ4v) is 3.16. The van der Waals surface area contributed by atoms with E-state index in [1.54, 1.807) is 49.1 Å². The van der Waals surface area contributed by atoms with E-state index in [1.807, 2.05) is 10.6 Å². The molecule has 3 heterocycles. The number of imidazole rings is 1. The molecule has 2 N–H and O–H groups in total. The number of rotatable bonds is 4. The molecule has 0 aliphatic carbocycles. The van der Waals surface area contributed by atoms with E-state index in [9.17, 15) is 8.42 Å². The molecule has 0 aliphatic rings. The van der Waals surface area contributed by atoms with E-state index in [0.29, 0.717) is 11.5 Å². The van der Waals surface area contributed by atoms with Crippen LogP contribution >= 0.6 is 0 Å². The van der Waals surface area contributed by atoms with Crippen LogP contribution in [0.5, 0.6) is 0 Å². The SMILES string of the molecule is CS(=O)(=O)c1ccc(Nc2nccn3c(-c4cn[nH]c4)cnc23)cc1. The lowest BCUT2D eigenvalue weighted by molar-refractivity contribution is 0.602. The molecule has 126 valence electrons. The van der Waals surface area contributed by atoms with Crippen molar-refractivity contribution < 1.29 is 8.42 Å². The summed E-state index contributed by atoms with van der Waals surface area (Å²) >= 11 is 0. The predicted octanol–water partition coefficient (Wildman–Crippen LogP) is 2.27. The molecule has 0 amide bonds. The van der Waals surface area contributed by atoms with Crippen LogP contribution in [0.15, 0.2) is 60.1 Å². The first kappa shape index (κ1) is 15.3. The summed E-state index contributed by atoms with van der Waals surface area (Å²) in [6, 6.07) is 6.50. The highest BCUT2D eigenvalue weighted by Crippen LogP contribution is 2.24. The number of nitrogens with zero attached hydrogens (tertiary/aromatic N) is 4. The van der Waals surface area contributed by atoms with Gasteiger partial charge in [0.2, 0.25) is 0 Å². The summed E-state index contributed by atoms with van der Waals surface area (Å²) in [6.45, 7) is 0. The van der Waals surface area contributed by atoms with Gasteiger partial charge in [-0.3, -0.25) is 9.50 Å². The Morgan fingerprint density at radius 3 is 2.60 bits per heavy atom. The molecule has 0 bridgehead atoms. The molecule has 0 unspecified atom stereocenters. The third-order valence-corrected chi connectivity index (χ3v) is 4.90. The van der Waals surface area contributed by atoms with Crippen LogP contribution in [0.3, 0.4) is 0 Å². The minimum absolute atomic E-state index is 0.271. The van der Waals surface area contributed by atoms with Gasteiger partial charge in [-0.15, -0.1) is 0 Å². The summed E-state index contributed by atoms with van der Waals surface area (Å²) in [4.78, 5) is 9.03. The molecule has 25 heavy (non-hydrogen) atoms. The maximum Gasteiger partial charge on any atom is 0.180 e. The molecular weight excluding hydrogens is 340 g/mol. The van der Waals surface area contributed by atoms with Crippen molar-refractivity contribution in [2.75, 3.05) is 11.6 Å². The van der Waals surface area contributed by atoms with Crippen LogP contribution in [-0.4, -0.2) is 39.2 Å². The predicted molar refractivity (Wildman–Crippen MR) is 93.4 cm³/mol. The number of hydrogen-bond acceptors (Lipinski definition) is 6. The van der Waals surface area contributed by atoms with Crippen LogP contribution in [0.4, 0.5) is 11.5 Å². The van der Waals surface area contributed by atoms with Gasteiger partial charge >= 0.3 is 0 Å². The monoisotopic (exact) mass is 354 g/mol. The van der Waals surface area contributed by atoms with Gasteiger partial charge in [0.25, 0.3) is 0 Å². The average Bonchev–Trinajstić information content (AvgIpc) is 3.24. The standard InChI is InChI=1S/C16H14N6O2S/c1-25(23,24)13-4-2-12(3-5-13)21-15-16-18-10-14(11-8-19-20-9-11)22(16)7-6-17-15/h2-10H,1H3,(H,17,21)(H,19,20). The highest BCUT2D eigenvalue weighted by atomic mass is 32.2. The third kappa shape index (κ3) is 2.85. The zero-order valence-electron chi connectivity index (χ0n) is 13.2. The summed E-state index contributed by atoms with van der Waals surface area (Å²) in [5.41, 5.74) is 3.19. The van der Waals surface area contributed by atoms with Gasteiger partial charge in [0, 0.05) is 36.1 Å². The number of sulfone groups is 1. The largest absolute Gasteiger partial charge is 0.337 e. The van der Waals surface area contributed by atoms with Crippen LogP contribution in [-0.2, 0) is 9.84 Å². The molecule has 0 aliphatic heterocycles. The normalized spacial score (nSPS) is 11.7. The fourth-order valence-electron chi connectivity index (χ4n) is 2.53. The van der Waals surface area contributed by atoms with E-state index in [0.717, 1.165) is 16.9 Å². The Morgan fingerprint density at radius 1 is 1.12 bits per heavy atom. The molecule has 9 heteroatoms. The minimum atomic E-state index is -3.22. The number of hydrogen-bond donors (Lipinski definition) is 2. The second kappa shape index (κ2) is 5.71. The Bertz CT molecular complexity index is 1130. The summed E-state index contributed by atoms with van der Waals surface area (Å²) in [5.74, 6) is 0.573. The zero-order chi connectivity index (χ0) is 17.4. The van der Waals surface area contributed by atoms with Crippen molar-refractivity contribution in [3.63, 3.8) is 0 Å². The van der Waals surface area contributed by atoms with Gasteiger partial charge in [0.1, 0.15) is 0 Å². The maximum atomic E-state index is 11.5. The zero-order valence-corrected chi connectivity index (χ0v) is 14.0. The van der Waals surface area contributed by atoms with Crippen molar-refractivity contribution in [3.8, 4) is 11.3 Å². The van der Waals surface area contributed by atoms with Crippen molar-refractivity contribution in [1.29, 1.82) is 0 Å². The lowest BCUT2D eigenvalue weighted by Gasteiger charge is -2.08. The highest BCUT2D eigenvalue weighted by Gasteiger charge is 2.12. The molecule has 0 radical (unpaired) electrons. The van der Waals surface area contributed by atoms with E-state index in [-0.39, 0.29) is 4.90 Å². The number of H-pyrrole nitrogens is 1. The number of nitrogens with one attached hydrogen (secondary N) is 2. The highest BCUT2D eigenvalue weighted by molar-refractivity contribution is 7.90. The first-order valence-electron chi connectivity index (χ1n) is 7.41. The summed E-state index contributed by atoms with van der Waals surface area (Å²) in [6.07, 6.45) is 9.94. The summed E-state index contributed by atoms with van der Waals surface area (Å²) < 4.78 is 25.0. The first-order valence-corrected chi connectivity index (χ1v) is 9.30. The average molecular weight is 354 g/mol. The van der Waals surface area contributed by atoms with E-state index in [4.69, 9.17) is 0 Å². The molecule has 0 fully saturated rings. The van der Waals surface area contributed by atoms with E-state index >= 15 is 0 Å². The van der Waals surface area contributed by atoms with Gasteiger partial charge in [-0.25, -0.2) is 18.4 Å². The molecule has 0 saturated heterocycles. The molecule has 8 nitrogen and oxygen atoms in total. The van der Waals surface area contributed by atoms with Gasteiger partial charge in [-0.2, -0.15) is 5.10 Å². The molecule has 4 rings (SSSR count). The van der Waals surface area contributed by atoms with Crippen molar-refractivity contribution in [1.82, 2.24) is 24.6 Å². The number of benzene rings is 1. The molecule has 4 aromatic rings. The van der Waals surface area contributed by atoms with Crippen LogP contribution in [0.25, 0.3) is 16.9 Å². The van der Waals surface area contributed by atoms with Crippen molar-refractivity contribution >= 4 is 27.0 Å². The summed E-state index contributed by atoms with van der Waals surface area (Å²) in [5, 5.41) is 9.91. The topological polar surface area (TPSA) is 105 Å². The second-order valence-corrected chi connectivity index (χ2v) is 7.54. The number of fused-ring (bicyclic) bond motifs is 1. The van der Waals surface area contributed by atoms with Crippen LogP contribution in [0.2, 0.25) is 0 Å². The van der Waals surface area contributed by atoms with Gasteiger partial charge in [-0.1, -0.05) is 0 Å². The van der Waals surface area contributed by atoms with Gasteiger partial charge in [0.05, 0.1) is 23.0 Å². The Hall–Kier alpha value is -3.20. The van der Waals surface area contributed by atoms with Crippen molar-refractivity contribution in [2.45, 2.75) is 4.90 Å². The summed E-state index contributed by atoms with van der Waals surface area (Å²) in [7, 11) is -3.22. The Kier molecular flexibility index (Phi) is 3.50. The van der Waals surface area contributed by atoms with Gasteiger partial charge in [0.15, 0.2) is 21.3 Å². The quantitative estimate of drug-likeness (QED) is 0.582. The lowest BCUT2D eigenvalue weighted by Crippen LogP contribution is -2.00. The maximum absolute atomic E-state index is 11.5. The van der Waals surface area contributed by atoms with Gasteiger partial charge in [-0.05, 0) is 24.3 Å². The van der Waals surface area contributed by atoms with Gasteiger partial charge < -0.3 is 5.32 Å². The first-order chi connectivity index (χ1) is 12.0.